The van der Waals surface area contributed by atoms with Crippen molar-refractivity contribution in [2.45, 2.75) is 4.21 Å². The van der Waals surface area contributed by atoms with Crippen LogP contribution >= 0.6 is 11.3 Å². The second kappa shape index (κ2) is 5.86. The molecule has 0 aliphatic rings. The lowest BCUT2D eigenvalue weighted by Crippen LogP contribution is -2.13. The molecule has 2 N–H and O–H groups in total. The smallest absolute Gasteiger partial charge is 0.356 e. The van der Waals surface area contributed by atoms with Gasteiger partial charge in [0.25, 0.3) is 10.0 Å². The summed E-state index contributed by atoms with van der Waals surface area (Å²) < 4.78 is 28.7. The molecule has 0 bridgehead atoms. The van der Waals surface area contributed by atoms with Gasteiger partial charge < -0.3 is 5.11 Å². The summed E-state index contributed by atoms with van der Waals surface area (Å²) in [5.74, 6) is -1.15. The van der Waals surface area contributed by atoms with Crippen LogP contribution in [0.5, 0.6) is 0 Å². The molecule has 0 aliphatic heterocycles. The van der Waals surface area contributed by atoms with Crippen molar-refractivity contribution >= 4 is 33.0 Å². The Balaban J connectivity index is 2.00. The number of hydrogen-bond donors (Lipinski definition) is 2. The lowest BCUT2D eigenvalue weighted by Gasteiger charge is -2.11. The number of aromatic carboxylic acids is 1. The number of para-hydroxylation sites is 2. The first-order valence-electron chi connectivity index (χ1n) is 6.42. The average molecular weight is 349 g/mol. The van der Waals surface area contributed by atoms with Gasteiger partial charge in [0.05, 0.1) is 11.4 Å². The van der Waals surface area contributed by atoms with E-state index in [1.54, 1.807) is 35.7 Å². The Kier molecular flexibility index (Phi) is 3.89. The first-order valence-corrected chi connectivity index (χ1v) is 8.78. The number of sulfonamides is 1. The molecule has 3 rings (SSSR count). The third-order valence-corrected chi connectivity index (χ3v) is 5.73. The standard InChI is InChI=1S/C14H11N3O4S2/c18-14(19)11-7-8-17(15-11)12-5-2-1-4-10(12)16-23(20,21)13-6-3-9-22-13/h1-9,16H,(H,18,19). The van der Waals surface area contributed by atoms with Crippen molar-refractivity contribution in [1.82, 2.24) is 9.78 Å². The van der Waals surface area contributed by atoms with E-state index in [9.17, 15) is 13.2 Å². The minimum atomic E-state index is -3.70. The zero-order valence-electron chi connectivity index (χ0n) is 11.6. The molecule has 118 valence electrons. The summed E-state index contributed by atoms with van der Waals surface area (Å²) in [5, 5.41) is 14.5. The van der Waals surface area contributed by atoms with E-state index >= 15 is 0 Å². The number of hydrogen-bond acceptors (Lipinski definition) is 5. The number of carboxylic acids is 1. The highest BCUT2D eigenvalue weighted by atomic mass is 32.2. The molecular formula is C14H11N3O4S2. The minimum absolute atomic E-state index is 0.124. The average Bonchev–Trinajstić information content (AvgIpc) is 3.19. The van der Waals surface area contributed by atoms with E-state index in [4.69, 9.17) is 5.11 Å². The molecule has 0 spiro atoms. The van der Waals surface area contributed by atoms with E-state index in [0.717, 1.165) is 11.3 Å². The van der Waals surface area contributed by atoms with Gasteiger partial charge in [-0.3, -0.25) is 4.72 Å². The van der Waals surface area contributed by atoms with Crippen LogP contribution in [0.25, 0.3) is 5.69 Å². The normalized spacial score (nSPS) is 11.3. The van der Waals surface area contributed by atoms with Gasteiger partial charge in [-0.05, 0) is 29.6 Å². The van der Waals surface area contributed by atoms with E-state index in [1.807, 2.05) is 0 Å². The Labute approximate surface area is 135 Å². The Morgan fingerprint density at radius 3 is 2.61 bits per heavy atom. The van der Waals surface area contributed by atoms with E-state index in [-0.39, 0.29) is 9.90 Å². The number of aromatic nitrogens is 2. The Hall–Kier alpha value is -2.65. The van der Waals surface area contributed by atoms with E-state index in [2.05, 4.69) is 9.82 Å². The van der Waals surface area contributed by atoms with Crippen LogP contribution in [0.2, 0.25) is 0 Å². The number of benzene rings is 1. The molecule has 0 aliphatic carbocycles. The Morgan fingerprint density at radius 1 is 1.17 bits per heavy atom. The molecule has 0 saturated carbocycles. The van der Waals surface area contributed by atoms with Crippen LogP contribution in [-0.2, 0) is 10.0 Å². The fraction of sp³-hybridized carbons (Fsp3) is 0. The summed E-state index contributed by atoms with van der Waals surface area (Å²) in [6.45, 7) is 0. The van der Waals surface area contributed by atoms with Crippen molar-refractivity contribution in [2.75, 3.05) is 4.72 Å². The summed E-state index contributed by atoms with van der Waals surface area (Å²) in [7, 11) is -3.70. The highest BCUT2D eigenvalue weighted by molar-refractivity contribution is 7.94. The van der Waals surface area contributed by atoms with Crippen LogP contribution in [0, 0.1) is 0 Å². The molecule has 0 radical (unpaired) electrons. The maximum Gasteiger partial charge on any atom is 0.356 e. The van der Waals surface area contributed by atoms with Crippen LogP contribution in [0.3, 0.4) is 0 Å². The molecule has 1 aromatic carbocycles. The fourth-order valence-corrected chi connectivity index (χ4v) is 4.01. The molecule has 9 heteroatoms. The second-order valence-corrected chi connectivity index (χ2v) is 7.36. The van der Waals surface area contributed by atoms with Crippen molar-refractivity contribution < 1.29 is 18.3 Å². The van der Waals surface area contributed by atoms with Gasteiger partial charge in [0.15, 0.2) is 5.69 Å². The molecule has 23 heavy (non-hydrogen) atoms. The molecule has 0 fully saturated rings. The van der Waals surface area contributed by atoms with Gasteiger partial charge in [0.2, 0.25) is 0 Å². The van der Waals surface area contributed by atoms with Crippen molar-refractivity contribution in [2.24, 2.45) is 0 Å². The molecule has 0 atom stereocenters. The summed E-state index contributed by atoms with van der Waals surface area (Å²) in [4.78, 5) is 10.9. The maximum absolute atomic E-state index is 12.3. The zero-order valence-corrected chi connectivity index (χ0v) is 13.2. The van der Waals surface area contributed by atoms with Gasteiger partial charge in [0.1, 0.15) is 4.21 Å². The van der Waals surface area contributed by atoms with Crippen molar-refractivity contribution in [3.05, 3.63) is 59.7 Å². The number of anilines is 1. The molecular weight excluding hydrogens is 338 g/mol. The monoisotopic (exact) mass is 349 g/mol. The molecule has 2 heterocycles. The highest BCUT2D eigenvalue weighted by Gasteiger charge is 2.18. The van der Waals surface area contributed by atoms with Crippen LogP contribution in [-0.4, -0.2) is 29.3 Å². The van der Waals surface area contributed by atoms with Crippen LogP contribution < -0.4 is 4.72 Å². The molecule has 0 unspecified atom stereocenters. The number of nitrogens with one attached hydrogen (secondary N) is 1. The molecule has 7 nitrogen and oxygen atoms in total. The lowest BCUT2D eigenvalue weighted by molar-refractivity contribution is 0.0690. The summed E-state index contributed by atoms with van der Waals surface area (Å²) in [6, 6.07) is 11.1. The van der Waals surface area contributed by atoms with E-state index in [0.29, 0.717) is 11.4 Å². The molecule has 0 saturated heterocycles. The van der Waals surface area contributed by atoms with Gasteiger partial charge in [-0.25, -0.2) is 17.9 Å². The maximum atomic E-state index is 12.3. The van der Waals surface area contributed by atoms with Gasteiger partial charge in [0, 0.05) is 6.20 Å². The number of rotatable bonds is 5. The SMILES string of the molecule is O=C(O)c1ccn(-c2ccccc2NS(=O)(=O)c2cccs2)n1. The predicted octanol–water partition coefficient (Wildman–Crippen LogP) is 2.43. The molecule has 3 aromatic rings. The third-order valence-electron chi connectivity index (χ3n) is 2.96. The first-order chi connectivity index (χ1) is 11.0. The largest absolute Gasteiger partial charge is 0.476 e. The van der Waals surface area contributed by atoms with Crippen LogP contribution in [0.1, 0.15) is 10.5 Å². The fourth-order valence-electron chi connectivity index (χ4n) is 1.94. The number of nitrogens with zero attached hydrogens (tertiary/aromatic N) is 2. The zero-order chi connectivity index (χ0) is 16.4. The first kappa shape index (κ1) is 15.3. The quantitative estimate of drug-likeness (QED) is 0.737. The molecule has 0 amide bonds. The topological polar surface area (TPSA) is 101 Å². The van der Waals surface area contributed by atoms with Crippen molar-refractivity contribution in [3.63, 3.8) is 0 Å². The lowest BCUT2D eigenvalue weighted by atomic mass is 10.3. The summed E-state index contributed by atoms with van der Waals surface area (Å²) in [6.07, 6.45) is 1.46. The van der Waals surface area contributed by atoms with Gasteiger partial charge in [-0.15, -0.1) is 11.3 Å². The second-order valence-electron chi connectivity index (χ2n) is 4.51. The van der Waals surface area contributed by atoms with Gasteiger partial charge in [-0.1, -0.05) is 18.2 Å². The van der Waals surface area contributed by atoms with Crippen LogP contribution in [0.4, 0.5) is 5.69 Å². The van der Waals surface area contributed by atoms with Crippen LogP contribution in [0.15, 0.2) is 58.3 Å². The number of carboxylic acid groups (broad SMARTS) is 1. The summed E-state index contributed by atoms with van der Waals surface area (Å²) >= 11 is 1.11. The van der Waals surface area contributed by atoms with Gasteiger partial charge in [-0.2, -0.15) is 5.10 Å². The third kappa shape index (κ3) is 3.10. The molecule has 2 aromatic heterocycles. The van der Waals surface area contributed by atoms with E-state index < -0.39 is 16.0 Å². The minimum Gasteiger partial charge on any atom is -0.476 e. The number of thiophene rings is 1. The number of carbonyl (C=O) groups is 1. The van der Waals surface area contributed by atoms with Gasteiger partial charge >= 0.3 is 5.97 Å². The Bertz CT molecular complexity index is 946. The van der Waals surface area contributed by atoms with E-state index in [1.165, 1.54) is 23.0 Å². The summed E-state index contributed by atoms with van der Waals surface area (Å²) in [5.41, 5.74) is 0.613. The Morgan fingerprint density at radius 2 is 1.96 bits per heavy atom. The predicted molar refractivity (Wildman–Crippen MR) is 85.7 cm³/mol. The van der Waals surface area contributed by atoms with Crippen molar-refractivity contribution in [1.29, 1.82) is 0 Å². The van der Waals surface area contributed by atoms with Crippen molar-refractivity contribution in [3.8, 4) is 5.69 Å². The highest BCUT2D eigenvalue weighted by Crippen LogP contribution is 2.25.